The third-order valence-electron chi connectivity index (χ3n) is 4.55. The van der Waals surface area contributed by atoms with Gasteiger partial charge in [0, 0.05) is 18.3 Å². The van der Waals surface area contributed by atoms with Crippen LogP contribution >= 0.6 is 0 Å². The van der Waals surface area contributed by atoms with Crippen molar-refractivity contribution in [2.75, 3.05) is 0 Å². The highest BCUT2D eigenvalue weighted by Gasteiger charge is 2.27. The van der Waals surface area contributed by atoms with Gasteiger partial charge in [0.05, 0.1) is 0 Å². The Hall–Kier alpha value is -1.32. The van der Waals surface area contributed by atoms with E-state index in [0.717, 1.165) is 44.1 Å². The number of nitrogens with zero attached hydrogens (tertiary/aromatic N) is 2. The summed E-state index contributed by atoms with van der Waals surface area (Å²) in [4.78, 5) is 7.95. The van der Waals surface area contributed by atoms with Gasteiger partial charge in [-0.15, -0.1) is 0 Å². The normalized spacial score (nSPS) is 23.3. The van der Waals surface area contributed by atoms with Crippen LogP contribution in [0.25, 0.3) is 5.83 Å². The standard InChI is InChI=1S/C18H26F2N2/c1-3-5-13-7-9-15(10-8-13)16(19)17(20)18-21-11-14(6-4-2)12-22-18/h11-13,15H,3-10H2,1-2H3/b17-16+. The van der Waals surface area contributed by atoms with Crippen molar-refractivity contribution in [3.8, 4) is 0 Å². The molecule has 0 N–H and O–H groups in total. The zero-order valence-corrected chi connectivity index (χ0v) is 13.6. The lowest BCUT2D eigenvalue weighted by Gasteiger charge is -2.27. The maximum absolute atomic E-state index is 14.4. The van der Waals surface area contributed by atoms with Crippen LogP contribution in [0.1, 0.15) is 70.2 Å². The van der Waals surface area contributed by atoms with Gasteiger partial charge in [-0.05, 0) is 43.6 Å². The van der Waals surface area contributed by atoms with Crippen LogP contribution in [0.3, 0.4) is 0 Å². The van der Waals surface area contributed by atoms with Crippen LogP contribution in [0.15, 0.2) is 18.2 Å². The summed E-state index contributed by atoms with van der Waals surface area (Å²) in [5, 5.41) is 0. The van der Waals surface area contributed by atoms with Crippen molar-refractivity contribution in [1.82, 2.24) is 9.97 Å². The van der Waals surface area contributed by atoms with E-state index >= 15 is 0 Å². The Labute approximate surface area is 132 Å². The molecular weight excluding hydrogens is 282 g/mol. The molecule has 2 nitrogen and oxygen atoms in total. The summed E-state index contributed by atoms with van der Waals surface area (Å²) in [7, 11) is 0. The van der Waals surface area contributed by atoms with Gasteiger partial charge in [-0.25, -0.2) is 14.4 Å². The Balaban J connectivity index is 2.02. The Bertz CT molecular complexity index is 488. The van der Waals surface area contributed by atoms with Gasteiger partial charge in [0.2, 0.25) is 0 Å². The molecule has 0 atom stereocenters. The summed E-state index contributed by atoms with van der Waals surface area (Å²) in [5.41, 5.74) is 0.958. The van der Waals surface area contributed by atoms with Crippen molar-refractivity contribution >= 4 is 5.83 Å². The van der Waals surface area contributed by atoms with Crippen molar-refractivity contribution in [3.63, 3.8) is 0 Å². The van der Waals surface area contributed by atoms with Gasteiger partial charge in [0.25, 0.3) is 0 Å². The highest BCUT2D eigenvalue weighted by Crippen LogP contribution is 2.38. The predicted octanol–water partition coefficient (Wildman–Crippen LogP) is 5.64. The lowest BCUT2D eigenvalue weighted by atomic mass is 9.79. The topological polar surface area (TPSA) is 25.8 Å². The van der Waals surface area contributed by atoms with Crippen molar-refractivity contribution < 1.29 is 8.78 Å². The van der Waals surface area contributed by atoms with E-state index in [1.165, 1.54) is 12.8 Å². The van der Waals surface area contributed by atoms with Crippen LogP contribution in [-0.4, -0.2) is 9.97 Å². The average molecular weight is 308 g/mol. The van der Waals surface area contributed by atoms with Gasteiger partial charge in [0.15, 0.2) is 11.7 Å². The highest BCUT2D eigenvalue weighted by molar-refractivity contribution is 5.54. The van der Waals surface area contributed by atoms with Crippen molar-refractivity contribution in [2.45, 2.75) is 65.2 Å². The van der Waals surface area contributed by atoms with E-state index in [-0.39, 0.29) is 11.7 Å². The molecule has 0 aliphatic heterocycles. The summed E-state index contributed by atoms with van der Waals surface area (Å²) in [5.74, 6) is -1.26. The molecule has 0 unspecified atom stereocenters. The maximum atomic E-state index is 14.4. The van der Waals surface area contributed by atoms with Crippen LogP contribution in [-0.2, 0) is 6.42 Å². The number of aromatic nitrogens is 2. The first kappa shape index (κ1) is 17.0. The van der Waals surface area contributed by atoms with Gasteiger partial charge >= 0.3 is 0 Å². The molecule has 0 spiro atoms. The number of hydrogen-bond acceptors (Lipinski definition) is 2. The molecule has 2 rings (SSSR count). The minimum Gasteiger partial charge on any atom is -0.234 e. The second kappa shape index (κ2) is 8.35. The molecule has 0 saturated heterocycles. The van der Waals surface area contributed by atoms with Crippen LogP contribution < -0.4 is 0 Å². The first-order valence-electron chi connectivity index (χ1n) is 8.52. The van der Waals surface area contributed by atoms with E-state index in [9.17, 15) is 8.78 Å². The third kappa shape index (κ3) is 4.34. The van der Waals surface area contributed by atoms with Gasteiger partial charge in [-0.3, -0.25) is 0 Å². The molecule has 1 fully saturated rings. The van der Waals surface area contributed by atoms with Crippen molar-refractivity contribution in [1.29, 1.82) is 0 Å². The van der Waals surface area contributed by atoms with E-state index in [0.29, 0.717) is 5.92 Å². The largest absolute Gasteiger partial charge is 0.234 e. The van der Waals surface area contributed by atoms with Crippen molar-refractivity contribution in [3.05, 3.63) is 29.6 Å². The first-order chi connectivity index (χ1) is 10.7. The quantitative estimate of drug-likeness (QED) is 0.679. The second-order valence-electron chi connectivity index (χ2n) is 6.33. The average Bonchev–Trinajstić information content (AvgIpc) is 2.55. The molecule has 1 aromatic rings. The molecule has 1 aliphatic carbocycles. The lowest BCUT2D eigenvalue weighted by Crippen LogP contribution is -2.15. The number of allylic oxidation sites excluding steroid dienone is 1. The van der Waals surface area contributed by atoms with E-state index in [1.54, 1.807) is 12.4 Å². The van der Waals surface area contributed by atoms with E-state index < -0.39 is 11.7 Å². The highest BCUT2D eigenvalue weighted by atomic mass is 19.2. The summed E-state index contributed by atoms with van der Waals surface area (Å²) in [6.07, 6.45) is 10.8. The van der Waals surface area contributed by atoms with Crippen LogP contribution in [0.4, 0.5) is 8.78 Å². The Kier molecular flexibility index (Phi) is 6.47. The maximum Gasteiger partial charge on any atom is 0.199 e. The summed E-state index contributed by atoms with van der Waals surface area (Å²) < 4.78 is 28.6. The summed E-state index contributed by atoms with van der Waals surface area (Å²) in [6.45, 7) is 4.23. The van der Waals surface area contributed by atoms with Crippen molar-refractivity contribution in [2.24, 2.45) is 11.8 Å². The Morgan fingerprint density at radius 3 is 2.23 bits per heavy atom. The molecule has 1 aromatic heterocycles. The lowest BCUT2D eigenvalue weighted by molar-refractivity contribution is 0.261. The molecule has 0 bridgehead atoms. The summed E-state index contributed by atoms with van der Waals surface area (Å²) in [6, 6.07) is 0. The fourth-order valence-corrected chi connectivity index (χ4v) is 3.28. The fraction of sp³-hybridized carbons (Fsp3) is 0.667. The Morgan fingerprint density at radius 1 is 1.05 bits per heavy atom. The smallest absolute Gasteiger partial charge is 0.199 e. The minimum atomic E-state index is -0.873. The first-order valence-corrected chi connectivity index (χ1v) is 8.52. The molecule has 1 aliphatic rings. The van der Waals surface area contributed by atoms with E-state index in [2.05, 4.69) is 23.8 Å². The van der Waals surface area contributed by atoms with Crippen LogP contribution in [0.5, 0.6) is 0 Å². The zero-order chi connectivity index (χ0) is 15.9. The van der Waals surface area contributed by atoms with Gasteiger partial charge in [-0.1, -0.05) is 33.1 Å². The number of halogens is 2. The molecule has 0 aromatic carbocycles. The molecule has 0 radical (unpaired) electrons. The molecule has 1 saturated carbocycles. The number of hydrogen-bond donors (Lipinski definition) is 0. The second-order valence-corrected chi connectivity index (χ2v) is 6.33. The molecule has 4 heteroatoms. The third-order valence-corrected chi connectivity index (χ3v) is 4.55. The molecule has 0 amide bonds. The van der Waals surface area contributed by atoms with Gasteiger partial charge in [-0.2, -0.15) is 4.39 Å². The van der Waals surface area contributed by atoms with Crippen LogP contribution in [0, 0.1) is 11.8 Å². The molecule has 1 heterocycles. The van der Waals surface area contributed by atoms with E-state index in [4.69, 9.17) is 0 Å². The number of aryl methyl sites for hydroxylation is 1. The predicted molar refractivity (Wildman–Crippen MR) is 85.5 cm³/mol. The zero-order valence-electron chi connectivity index (χ0n) is 13.6. The van der Waals surface area contributed by atoms with Gasteiger partial charge in [0.1, 0.15) is 5.83 Å². The molecule has 122 valence electrons. The molecular formula is C18H26F2N2. The minimum absolute atomic E-state index is 0.118. The monoisotopic (exact) mass is 308 g/mol. The van der Waals surface area contributed by atoms with Crippen LogP contribution in [0.2, 0.25) is 0 Å². The summed E-state index contributed by atoms with van der Waals surface area (Å²) >= 11 is 0. The molecule has 22 heavy (non-hydrogen) atoms. The Morgan fingerprint density at radius 2 is 1.68 bits per heavy atom. The SMILES string of the molecule is CCCc1cnc(/C(F)=C(\F)C2CCC(CCC)CC2)nc1. The van der Waals surface area contributed by atoms with E-state index in [1.807, 2.05) is 0 Å². The van der Waals surface area contributed by atoms with Gasteiger partial charge < -0.3 is 0 Å². The number of rotatable bonds is 6. The fourth-order valence-electron chi connectivity index (χ4n) is 3.28.